The number of thiophene rings is 1. The maximum absolute atomic E-state index is 3.53. The average Bonchev–Trinajstić information content (AvgIpc) is 2.70. The van der Waals surface area contributed by atoms with E-state index in [0.29, 0.717) is 0 Å². The fourth-order valence-corrected chi connectivity index (χ4v) is 4.60. The largest absolute Gasteiger partial charge is 0.120 e. The van der Waals surface area contributed by atoms with Gasteiger partial charge in [0.1, 0.15) is 0 Å². The monoisotopic (exact) mass is 404 g/mol. The number of unbranched alkanes of at least 4 members (excludes halogenated alkanes) is 8. The summed E-state index contributed by atoms with van der Waals surface area (Å²) in [5.74, 6) is 6.51. The topological polar surface area (TPSA) is 0 Å². The van der Waals surface area contributed by atoms with E-state index in [1.165, 1.54) is 51.4 Å². The molecule has 1 heterocycles. The van der Waals surface area contributed by atoms with Crippen LogP contribution < -0.4 is 0 Å². The smallest absolute Gasteiger partial charge is 0.0866 e. The standard InChI is InChI=1S/C16H22Br2S/c1-2-3-4-5-6-7-8-9-10-11-12-14-13-15(17)19-16(14)18/h13H,2-10H2,1H3. The Hall–Kier alpha value is 0.220. The lowest BCUT2D eigenvalue weighted by Gasteiger charge is -1.99. The maximum atomic E-state index is 3.53. The van der Waals surface area contributed by atoms with Gasteiger partial charge in [-0.2, -0.15) is 0 Å². The van der Waals surface area contributed by atoms with Crippen molar-refractivity contribution in [2.75, 3.05) is 0 Å². The van der Waals surface area contributed by atoms with Gasteiger partial charge in [0.15, 0.2) is 0 Å². The third-order valence-electron chi connectivity index (χ3n) is 3.04. The molecule has 0 atom stereocenters. The first-order chi connectivity index (χ1) is 9.24. The molecule has 0 unspecified atom stereocenters. The van der Waals surface area contributed by atoms with Gasteiger partial charge < -0.3 is 0 Å². The molecule has 0 amide bonds. The fourth-order valence-electron chi connectivity index (χ4n) is 1.93. The summed E-state index contributed by atoms with van der Waals surface area (Å²) in [6.07, 6.45) is 11.9. The van der Waals surface area contributed by atoms with Gasteiger partial charge in [0.25, 0.3) is 0 Å². The van der Waals surface area contributed by atoms with Crippen molar-refractivity contribution in [3.05, 3.63) is 19.2 Å². The summed E-state index contributed by atoms with van der Waals surface area (Å²) in [4.78, 5) is 0. The van der Waals surface area contributed by atoms with E-state index in [4.69, 9.17) is 0 Å². The summed E-state index contributed by atoms with van der Waals surface area (Å²) < 4.78 is 2.26. The molecule has 0 bridgehead atoms. The van der Waals surface area contributed by atoms with Gasteiger partial charge in [-0.15, -0.1) is 11.3 Å². The highest BCUT2D eigenvalue weighted by atomic mass is 79.9. The van der Waals surface area contributed by atoms with Gasteiger partial charge >= 0.3 is 0 Å². The number of hydrogen-bond donors (Lipinski definition) is 0. The van der Waals surface area contributed by atoms with Gasteiger partial charge in [-0.1, -0.05) is 63.7 Å². The molecule has 1 aromatic rings. The van der Waals surface area contributed by atoms with Crippen molar-refractivity contribution in [2.45, 2.75) is 64.7 Å². The van der Waals surface area contributed by atoms with E-state index in [2.05, 4.69) is 56.7 Å². The molecule has 0 aliphatic rings. The highest BCUT2D eigenvalue weighted by Gasteiger charge is 2.00. The summed E-state index contributed by atoms with van der Waals surface area (Å²) >= 11 is 8.68. The van der Waals surface area contributed by atoms with Crippen LogP contribution in [0.4, 0.5) is 0 Å². The highest BCUT2D eigenvalue weighted by molar-refractivity contribution is 9.12. The van der Waals surface area contributed by atoms with E-state index in [1.54, 1.807) is 11.3 Å². The minimum absolute atomic E-state index is 1.02. The lowest BCUT2D eigenvalue weighted by Crippen LogP contribution is -1.80. The first kappa shape index (κ1) is 17.3. The zero-order valence-corrected chi connectivity index (χ0v) is 15.6. The van der Waals surface area contributed by atoms with Crippen LogP contribution in [0.2, 0.25) is 0 Å². The Morgan fingerprint density at radius 2 is 1.63 bits per heavy atom. The van der Waals surface area contributed by atoms with Gasteiger partial charge in [-0.05, 0) is 44.3 Å². The molecule has 0 saturated carbocycles. The molecule has 0 aliphatic carbocycles. The lowest BCUT2D eigenvalue weighted by molar-refractivity contribution is 0.579. The summed E-state index contributed by atoms with van der Waals surface area (Å²) in [7, 11) is 0. The molecule has 0 fully saturated rings. The molecule has 0 N–H and O–H groups in total. The summed E-state index contributed by atoms with van der Waals surface area (Å²) in [5, 5.41) is 0. The number of hydrogen-bond acceptors (Lipinski definition) is 1. The molecule has 3 heteroatoms. The molecule has 1 aromatic heterocycles. The second-order valence-corrected chi connectivity index (χ2v) is 8.51. The SMILES string of the molecule is CCCCCCCCCCC#Cc1cc(Br)sc1Br. The Morgan fingerprint density at radius 3 is 2.21 bits per heavy atom. The summed E-state index contributed by atoms with van der Waals surface area (Å²) in [5.41, 5.74) is 1.11. The molecule has 106 valence electrons. The first-order valence-electron chi connectivity index (χ1n) is 7.17. The van der Waals surface area contributed by atoms with Crippen LogP contribution >= 0.6 is 43.2 Å². The zero-order valence-electron chi connectivity index (χ0n) is 11.6. The summed E-state index contributed by atoms with van der Waals surface area (Å²) in [6, 6.07) is 2.08. The number of halogens is 2. The normalized spacial score (nSPS) is 10.3. The third kappa shape index (κ3) is 8.17. The minimum Gasteiger partial charge on any atom is -0.120 e. The Bertz CT molecular complexity index is 412. The van der Waals surface area contributed by atoms with Gasteiger partial charge in [-0.25, -0.2) is 0 Å². The molecule has 0 aliphatic heterocycles. The second kappa shape index (κ2) is 10.9. The van der Waals surface area contributed by atoms with Gasteiger partial charge in [0, 0.05) is 6.42 Å². The van der Waals surface area contributed by atoms with E-state index in [1.807, 2.05) is 0 Å². The van der Waals surface area contributed by atoms with Crippen molar-refractivity contribution >= 4 is 43.2 Å². The molecule has 1 rings (SSSR count). The van der Waals surface area contributed by atoms with E-state index in [9.17, 15) is 0 Å². The van der Waals surface area contributed by atoms with Gasteiger partial charge in [0.2, 0.25) is 0 Å². The molecule has 0 spiro atoms. The van der Waals surface area contributed by atoms with E-state index >= 15 is 0 Å². The van der Waals surface area contributed by atoms with Crippen LogP contribution in [0.1, 0.15) is 70.3 Å². The molecular weight excluding hydrogens is 384 g/mol. The Morgan fingerprint density at radius 1 is 1.00 bits per heavy atom. The molecule has 0 saturated heterocycles. The fraction of sp³-hybridized carbons (Fsp3) is 0.625. The highest BCUT2D eigenvalue weighted by Crippen LogP contribution is 2.31. The van der Waals surface area contributed by atoms with E-state index < -0.39 is 0 Å². The predicted molar refractivity (Wildman–Crippen MR) is 93.8 cm³/mol. The maximum Gasteiger partial charge on any atom is 0.0866 e. The molecule has 0 aromatic carbocycles. The van der Waals surface area contributed by atoms with Crippen LogP contribution in [0.3, 0.4) is 0 Å². The molecule has 19 heavy (non-hydrogen) atoms. The molecule has 0 nitrogen and oxygen atoms in total. The Labute approximate surface area is 138 Å². The summed E-state index contributed by atoms with van der Waals surface area (Å²) in [6.45, 7) is 2.27. The van der Waals surface area contributed by atoms with Crippen molar-refractivity contribution in [1.29, 1.82) is 0 Å². The third-order valence-corrected chi connectivity index (χ3v) is 5.37. The van der Waals surface area contributed by atoms with Crippen LogP contribution in [0.25, 0.3) is 0 Å². The van der Waals surface area contributed by atoms with Crippen molar-refractivity contribution in [2.24, 2.45) is 0 Å². The van der Waals surface area contributed by atoms with Crippen molar-refractivity contribution < 1.29 is 0 Å². The Kier molecular flexibility index (Phi) is 9.95. The van der Waals surface area contributed by atoms with Crippen LogP contribution in [0.5, 0.6) is 0 Å². The molecule has 0 radical (unpaired) electrons. The van der Waals surface area contributed by atoms with Gasteiger partial charge in [0.05, 0.1) is 13.1 Å². The van der Waals surface area contributed by atoms with Crippen molar-refractivity contribution in [3.8, 4) is 11.8 Å². The average molecular weight is 406 g/mol. The van der Waals surface area contributed by atoms with E-state index in [0.717, 1.165) is 19.6 Å². The number of rotatable bonds is 8. The second-order valence-electron chi connectivity index (χ2n) is 4.76. The molecular formula is C16H22Br2S. The van der Waals surface area contributed by atoms with E-state index in [-0.39, 0.29) is 0 Å². The quantitative estimate of drug-likeness (QED) is 0.318. The minimum atomic E-state index is 1.02. The lowest BCUT2D eigenvalue weighted by atomic mass is 10.1. The van der Waals surface area contributed by atoms with Gasteiger partial charge in [-0.3, -0.25) is 0 Å². The zero-order chi connectivity index (χ0) is 13.9. The van der Waals surface area contributed by atoms with Crippen LogP contribution in [-0.2, 0) is 0 Å². The Balaban J connectivity index is 2.04. The van der Waals surface area contributed by atoms with Crippen LogP contribution in [-0.4, -0.2) is 0 Å². The first-order valence-corrected chi connectivity index (χ1v) is 9.58. The van der Waals surface area contributed by atoms with Crippen LogP contribution in [0.15, 0.2) is 13.6 Å². The van der Waals surface area contributed by atoms with Crippen molar-refractivity contribution in [1.82, 2.24) is 0 Å². The van der Waals surface area contributed by atoms with Crippen molar-refractivity contribution in [3.63, 3.8) is 0 Å². The van der Waals surface area contributed by atoms with Crippen LogP contribution in [0, 0.1) is 11.8 Å². The predicted octanol–water partition coefficient (Wildman–Crippen LogP) is 7.16.